The monoisotopic (exact) mass is 238 g/mol. The summed E-state index contributed by atoms with van der Waals surface area (Å²) in [6, 6.07) is 9.94. The van der Waals surface area contributed by atoms with Crippen LogP contribution in [0.1, 0.15) is 20.3 Å². The molecule has 1 aromatic rings. The molecule has 1 aromatic carbocycles. The van der Waals surface area contributed by atoms with E-state index >= 15 is 0 Å². The summed E-state index contributed by atoms with van der Waals surface area (Å²) in [6.45, 7) is 8.99. The predicted molar refractivity (Wildman–Crippen MR) is 70.3 cm³/mol. The molecule has 0 aliphatic carbocycles. The first-order valence-corrected chi connectivity index (χ1v) is 8.65. The Morgan fingerprint density at radius 3 is 2.25 bits per heavy atom. The van der Waals surface area contributed by atoms with E-state index in [0.29, 0.717) is 0 Å². The lowest BCUT2D eigenvalue weighted by molar-refractivity contribution is 0.263. The standard InChI is InChI=1S/C13H22O2Si/c1-13(2,10-11-14)16(3,4)15-12-8-6-5-7-9-12/h5-9,14H,10-11H2,1-4H3. The van der Waals surface area contributed by atoms with E-state index in [0.717, 1.165) is 12.2 Å². The maximum atomic E-state index is 9.10. The highest BCUT2D eigenvalue weighted by atomic mass is 28.4. The van der Waals surface area contributed by atoms with Crippen LogP contribution < -0.4 is 4.43 Å². The lowest BCUT2D eigenvalue weighted by Gasteiger charge is -2.39. The van der Waals surface area contributed by atoms with Crippen molar-refractivity contribution in [3.63, 3.8) is 0 Å². The van der Waals surface area contributed by atoms with Gasteiger partial charge in [-0.25, -0.2) is 0 Å². The average Bonchev–Trinajstić information content (AvgIpc) is 2.18. The van der Waals surface area contributed by atoms with Crippen LogP contribution >= 0.6 is 0 Å². The molecule has 0 unspecified atom stereocenters. The summed E-state index contributed by atoms with van der Waals surface area (Å²) in [6.07, 6.45) is 0.791. The van der Waals surface area contributed by atoms with Gasteiger partial charge in [0.15, 0.2) is 0 Å². The normalized spacial score (nSPS) is 12.6. The molecular formula is C13H22O2Si. The molecule has 0 aromatic heterocycles. The summed E-state index contributed by atoms with van der Waals surface area (Å²) >= 11 is 0. The Morgan fingerprint density at radius 2 is 1.75 bits per heavy atom. The number of hydrogen-bond acceptors (Lipinski definition) is 2. The van der Waals surface area contributed by atoms with E-state index in [2.05, 4.69) is 26.9 Å². The summed E-state index contributed by atoms with van der Waals surface area (Å²) in [5.74, 6) is 0.935. The molecule has 0 aliphatic heterocycles. The zero-order valence-electron chi connectivity index (χ0n) is 10.7. The van der Waals surface area contributed by atoms with E-state index in [1.54, 1.807) is 0 Å². The first-order valence-electron chi connectivity index (χ1n) is 5.74. The zero-order valence-corrected chi connectivity index (χ0v) is 11.7. The SMILES string of the molecule is CC(C)(CCO)[Si](C)(C)Oc1ccccc1. The van der Waals surface area contributed by atoms with Gasteiger partial charge in [0, 0.05) is 6.61 Å². The molecule has 0 atom stereocenters. The lowest BCUT2D eigenvalue weighted by atomic mass is 10.1. The predicted octanol–water partition coefficient (Wildman–Crippen LogP) is 3.43. The molecule has 0 amide bonds. The lowest BCUT2D eigenvalue weighted by Crippen LogP contribution is -2.45. The Hall–Kier alpha value is -0.803. The molecule has 16 heavy (non-hydrogen) atoms. The van der Waals surface area contributed by atoms with Gasteiger partial charge in [0.1, 0.15) is 5.75 Å². The zero-order chi connectivity index (χ0) is 12.2. The molecule has 0 heterocycles. The minimum Gasteiger partial charge on any atom is -0.543 e. The Morgan fingerprint density at radius 1 is 1.19 bits per heavy atom. The van der Waals surface area contributed by atoms with E-state index in [1.165, 1.54) is 0 Å². The van der Waals surface area contributed by atoms with Gasteiger partial charge >= 0.3 is 0 Å². The van der Waals surface area contributed by atoms with Crippen LogP contribution in [0.5, 0.6) is 5.75 Å². The third-order valence-corrected chi connectivity index (χ3v) is 7.74. The molecule has 1 N–H and O–H groups in total. The van der Waals surface area contributed by atoms with Crippen molar-refractivity contribution >= 4 is 8.32 Å². The highest BCUT2D eigenvalue weighted by Gasteiger charge is 2.42. The Balaban J connectivity index is 2.78. The van der Waals surface area contributed by atoms with Gasteiger partial charge in [0.25, 0.3) is 8.32 Å². The summed E-state index contributed by atoms with van der Waals surface area (Å²) < 4.78 is 6.15. The van der Waals surface area contributed by atoms with Crippen LogP contribution in [-0.4, -0.2) is 20.0 Å². The molecule has 3 heteroatoms. The van der Waals surface area contributed by atoms with E-state index in [1.807, 2.05) is 30.3 Å². The minimum atomic E-state index is -1.85. The second kappa shape index (κ2) is 5.02. The van der Waals surface area contributed by atoms with Gasteiger partial charge in [-0.05, 0) is 36.7 Å². The summed E-state index contributed by atoms with van der Waals surface area (Å²) in [5, 5.41) is 9.17. The van der Waals surface area contributed by atoms with Gasteiger partial charge in [-0.2, -0.15) is 0 Å². The van der Waals surface area contributed by atoms with Crippen molar-refractivity contribution in [2.24, 2.45) is 0 Å². The molecule has 2 nitrogen and oxygen atoms in total. The van der Waals surface area contributed by atoms with Crippen LogP contribution in [0.15, 0.2) is 30.3 Å². The smallest absolute Gasteiger partial charge is 0.250 e. The van der Waals surface area contributed by atoms with Gasteiger partial charge in [-0.3, -0.25) is 0 Å². The quantitative estimate of drug-likeness (QED) is 0.796. The largest absolute Gasteiger partial charge is 0.543 e. The van der Waals surface area contributed by atoms with Gasteiger partial charge in [0.05, 0.1) is 0 Å². The van der Waals surface area contributed by atoms with E-state index in [4.69, 9.17) is 9.53 Å². The summed E-state index contributed by atoms with van der Waals surface area (Å²) in [7, 11) is -1.85. The highest BCUT2D eigenvalue weighted by Crippen LogP contribution is 2.41. The number of rotatable bonds is 5. The van der Waals surface area contributed by atoms with Gasteiger partial charge < -0.3 is 9.53 Å². The molecule has 0 fully saturated rings. The maximum absolute atomic E-state index is 9.10. The number of hydrogen-bond donors (Lipinski definition) is 1. The Bertz CT molecular complexity index is 320. The molecule has 0 spiro atoms. The number of para-hydroxylation sites is 1. The van der Waals surface area contributed by atoms with Gasteiger partial charge in [0.2, 0.25) is 0 Å². The number of benzene rings is 1. The van der Waals surface area contributed by atoms with Crippen molar-refractivity contribution in [3.8, 4) is 5.75 Å². The second-order valence-corrected chi connectivity index (χ2v) is 9.86. The average molecular weight is 238 g/mol. The number of aliphatic hydroxyl groups excluding tert-OH is 1. The van der Waals surface area contributed by atoms with Crippen LogP contribution in [0.3, 0.4) is 0 Å². The van der Waals surface area contributed by atoms with Crippen LogP contribution in [0.4, 0.5) is 0 Å². The van der Waals surface area contributed by atoms with Crippen molar-refractivity contribution in [2.75, 3.05) is 6.61 Å². The molecule has 0 radical (unpaired) electrons. The Labute approximate surface area is 99.4 Å². The van der Waals surface area contributed by atoms with Crippen LogP contribution in [0.25, 0.3) is 0 Å². The van der Waals surface area contributed by atoms with Crippen molar-refractivity contribution in [3.05, 3.63) is 30.3 Å². The maximum Gasteiger partial charge on any atom is 0.250 e. The summed E-state index contributed by atoms with van der Waals surface area (Å²) in [4.78, 5) is 0. The van der Waals surface area contributed by atoms with E-state index in [-0.39, 0.29) is 11.6 Å². The molecule has 0 saturated heterocycles. The van der Waals surface area contributed by atoms with Gasteiger partial charge in [-0.1, -0.05) is 32.0 Å². The fraction of sp³-hybridized carbons (Fsp3) is 0.538. The molecule has 1 rings (SSSR count). The van der Waals surface area contributed by atoms with Crippen molar-refractivity contribution < 1.29 is 9.53 Å². The fourth-order valence-electron chi connectivity index (χ4n) is 1.50. The first-order chi connectivity index (χ1) is 7.39. The topological polar surface area (TPSA) is 29.5 Å². The van der Waals surface area contributed by atoms with Gasteiger partial charge in [-0.15, -0.1) is 0 Å². The third kappa shape index (κ3) is 3.09. The molecule has 90 valence electrons. The first kappa shape index (κ1) is 13.3. The molecule has 0 aliphatic rings. The number of aliphatic hydroxyl groups is 1. The summed E-state index contributed by atoms with van der Waals surface area (Å²) in [5.41, 5.74) is 0. The molecule has 0 bridgehead atoms. The van der Waals surface area contributed by atoms with Crippen LogP contribution in [0.2, 0.25) is 18.1 Å². The van der Waals surface area contributed by atoms with Crippen LogP contribution in [0, 0.1) is 0 Å². The van der Waals surface area contributed by atoms with E-state index < -0.39 is 8.32 Å². The minimum absolute atomic E-state index is 0.0671. The Kier molecular flexibility index (Phi) is 4.16. The van der Waals surface area contributed by atoms with E-state index in [9.17, 15) is 0 Å². The third-order valence-electron chi connectivity index (χ3n) is 3.48. The van der Waals surface area contributed by atoms with Crippen molar-refractivity contribution in [1.82, 2.24) is 0 Å². The van der Waals surface area contributed by atoms with Crippen LogP contribution in [-0.2, 0) is 0 Å². The second-order valence-electron chi connectivity index (χ2n) is 5.28. The highest BCUT2D eigenvalue weighted by molar-refractivity contribution is 6.74. The fourth-order valence-corrected chi connectivity index (χ4v) is 3.22. The molecular weight excluding hydrogens is 216 g/mol. The van der Waals surface area contributed by atoms with Crippen molar-refractivity contribution in [2.45, 2.75) is 38.4 Å². The van der Waals surface area contributed by atoms with Crippen molar-refractivity contribution in [1.29, 1.82) is 0 Å². The molecule has 0 saturated carbocycles.